The summed E-state index contributed by atoms with van der Waals surface area (Å²) in [6, 6.07) is 17.8. The van der Waals surface area contributed by atoms with Crippen LogP contribution >= 0.6 is 0 Å². The van der Waals surface area contributed by atoms with Gasteiger partial charge in [-0.1, -0.05) is 54.6 Å². The summed E-state index contributed by atoms with van der Waals surface area (Å²) < 4.78 is 0. The van der Waals surface area contributed by atoms with Crippen molar-refractivity contribution in [2.24, 2.45) is 0 Å². The van der Waals surface area contributed by atoms with Crippen LogP contribution in [0.2, 0.25) is 0 Å². The number of benzene rings is 2. The number of carbonyl (C=O) groups is 1. The summed E-state index contributed by atoms with van der Waals surface area (Å²) in [5.41, 5.74) is 5.77. The van der Waals surface area contributed by atoms with E-state index in [1.165, 1.54) is 0 Å². The SMILES string of the molecule is O=C(O)C=C=Cc1ccccc1-c1ccccc1. The molecular formula is C16H12O2. The summed E-state index contributed by atoms with van der Waals surface area (Å²) in [6.45, 7) is 0. The van der Waals surface area contributed by atoms with Gasteiger partial charge in [-0.2, -0.15) is 0 Å². The number of hydrogen-bond acceptors (Lipinski definition) is 1. The van der Waals surface area contributed by atoms with Gasteiger partial charge in [-0.3, -0.25) is 0 Å². The molecule has 0 unspecified atom stereocenters. The fraction of sp³-hybridized carbons (Fsp3) is 0. The lowest BCUT2D eigenvalue weighted by atomic mass is 10.00. The highest BCUT2D eigenvalue weighted by Crippen LogP contribution is 2.23. The van der Waals surface area contributed by atoms with Gasteiger partial charge in [-0.05, 0) is 22.8 Å². The Morgan fingerprint density at radius 3 is 2.39 bits per heavy atom. The van der Waals surface area contributed by atoms with E-state index in [4.69, 9.17) is 5.11 Å². The van der Waals surface area contributed by atoms with Crippen molar-refractivity contribution in [3.05, 3.63) is 72.0 Å². The van der Waals surface area contributed by atoms with Crippen molar-refractivity contribution in [3.8, 4) is 11.1 Å². The summed E-state index contributed by atoms with van der Waals surface area (Å²) in [5, 5.41) is 8.54. The van der Waals surface area contributed by atoms with Crippen LogP contribution in [0.3, 0.4) is 0 Å². The molecule has 2 nitrogen and oxygen atoms in total. The van der Waals surface area contributed by atoms with Crippen molar-refractivity contribution in [2.45, 2.75) is 0 Å². The Kier molecular flexibility index (Phi) is 3.75. The molecule has 0 radical (unpaired) electrons. The van der Waals surface area contributed by atoms with Crippen LogP contribution in [0.4, 0.5) is 0 Å². The number of carboxylic acids is 1. The van der Waals surface area contributed by atoms with Crippen molar-refractivity contribution in [2.75, 3.05) is 0 Å². The molecule has 2 aromatic carbocycles. The molecule has 0 aliphatic heterocycles. The maximum absolute atomic E-state index is 10.4. The first-order chi connectivity index (χ1) is 8.77. The third-order valence-corrected chi connectivity index (χ3v) is 2.49. The zero-order valence-electron chi connectivity index (χ0n) is 9.71. The highest BCUT2D eigenvalue weighted by molar-refractivity contribution is 5.81. The molecule has 0 aromatic heterocycles. The van der Waals surface area contributed by atoms with Gasteiger partial charge in [0.2, 0.25) is 0 Å². The summed E-state index contributed by atoms with van der Waals surface area (Å²) >= 11 is 0. The van der Waals surface area contributed by atoms with Crippen LogP contribution in [0.5, 0.6) is 0 Å². The van der Waals surface area contributed by atoms with E-state index < -0.39 is 5.97 Å². The second-order valence-corrected chi connectivity index (χ2v) is 3.75. The zero-order valence-corrected chi connectivity index (χ0v) is 9.71. The van der Waals surface area contributed by atoms with E-state index in [-0.39, 0.29) is 0 Å². The van der Waals surface area contributed by atoms with Crippen LogP contribution < -0.4 is 0 Å². The van der Waals surface area contributed by atoms with Crippen molar-refractivity contribution in [1.82, 2.24) is 0 Å². The lowest BCUT2D eigenvalue weighted by molar-refractivity contribution is -0.131. The number of carboxylic acid groups (broad SMARTS) is 1. The molecule has 0 saturated heterocycles. The lowest BCUT2D eigenvalue weighted by Gasteiger charge is -2.04. The van der Waals surface area contributed by atoms with E-state index in [0.717, 1.165) is 22.8 Å². The molecule has 0 amide bonds. The molecule has 88 valence electrons. The Bertz CT molecular complexity index is 606. The molecule has 1 N–H and O–H groups in total. The highest BCUT2D eigenvalue weighted by Gasteiger charge is 2.00. The number of rotatable bonds is 3. The molecule has 0 saturated carbocycles. The molecule has 0 atom stereocenters. The van der Waals surface area contributed by atoms with Gasteiger partial charge in [0.15, 0.2) is 0 Å². The molecule has 18 heavy (non-hydrogen) atoms. The molecule has 0 heterocycles. The molecule has 0 bridgehead atoms. The summed E-state index contributed by atoms with van der Waals surface area (Å²) in [6.07, 6.45) is 2.68. The van der Waals surface area contributed by atoms with E-state index in [0.29, 0.717) is 0 Å². The number of aliphatic carboxylic acids is 1. The minimum Gasteiger partial charge on any atom is -0.478 e. The van der Waals surface area contributed by atoms with Gasteiger partial charge < -0.3 is 5.11 Å². The van der Waals surface area contributed by atoms with E-state index in [9.17, 15) is 4.79 Å². The normalized spacial score (nSPS) is 9.33. The van der Waals surface area contributed by atoms with Crippen LogP contribution in [0, 0.1) is 0 Å². The Morgan fingerprint density at radius 2 is 1.67 bits per heavy atom. The summed E-state index contributed by atoms with van der Waals surface area (Å²) in [5.74, 6) is -0.997. The lowest BCUT2D eigenvalue weighted by Crippen LogP contribution is -1.84. The molecule has 2 aromatic rings. The van der Waals surface area contributed by atoms with Crippen molar-refractivity contribution >= 4 is 12.0 Å². The molecule has 0 aliphatic rings. The zero-order chi connectivity index (χ0) is 12.8. The van der Waals surface area contributed by atoms with Gasteiger partial charge in [-0.25, -0.2) is 4.79 Å². The van der Waals surface area contributed by atoms with E-state index in [1.54, 1.807) is 6.08 Å². The van der Waals surface area contributed by atoms with Crippen LogP contribution in [0.25, 0.3) is 17.2 Å². The van der Waals surface area contributed by atoms with Gasteiger partial charge in [0.1, 0.15) is 0 Å². The highest BCUT2D eigenvalue weighted by atomic mass is 16.4. The summed E-state index contributed by atoms with van der Waals surface area (Å²) in [7, 11) is 0. The maximum Gasteiger partial charge on any atom is 0.336 e. The van der Waals surface area contributed by atoms with Crippen LogP contribution in [0.1, 0.15) is 5.56 Å². The molecule has 2 rings (SSSR count). The Hall–Kier alpha value is -2.57. The van der Waals surface area contributed by atoms with Crippen LogP contribution in [-0.4, -0.2) is 11.1 Å². The Balaban J connectivity index is 2.44. The van der Waals surface area contributed by atoms with Gasteiger partial charge in [0.25, 0.3) is 0 Å². The van der Waals surface area contributed by atoms with Gasteiger partial charge in [0, 0.05) is 0 Å². The Labute approximate surface area is 106 Å². The van der Waals surface area contributed by atoms with Gasteiger partial charge >= 0.3 is 5.97 Å². The van der Waals surface area contributed by atoms with Crippen molar-refractivity contribution in [3.63, 3.8) is 0 Å². The third-order valence-electron chi connectivity index (χ3n) is 2.49. The third kappa shape index (κ3) is 2.97. The predicted octanol–water partition coefficient (Wildman–Crippen LogP) is 3.61. The average molecular weight is 236 g/mol. The standard InChI is InChI=1S/C16H12O2/c17-16(18)12-6-10-14-9-4-5-11-15(14)13-7-2-1-3-8-13/h1-5,7-12H,(H,17,18). The molecule has 2 heteroatoms. The van der Waals surface area contributed by atoms with E-state index >= 15 is 0 Å². The van der Waals surface area contributed by atoms with Gasteiger partial charge in [-0.15, -0.1) is 5.73 Å². The van der Waals surface area contributed by atoms with E-state index in [1.807, 2.05) is 54.6 Å². The van der Waals surface area contributed by atoms with Crippen LogP contribution in [0.15, 0.2) is 66.4 Å². The van der Waals surface area contributed by atoms with E-state index in [2.05, 4.69) is 5.73 Å². The van der Waals surface area contributed by atoms with Gasteiger partial charge in [0.05, 0.1) is 6.08 Å². The fourth-order valence-corrected chi connectivity index (χ4v) is 1.71. The monoisotopic (exact) mass is 236 g/mol. The summed E-state index contributed by atoms with van der Waals surface area (Å²) in [4.78, 5) is 10.4. The van der Waals surface area contributed by atoms with Crippen molar-refractivity contribution < 1.29 is 9.90 Å². The quantitative estimate of drug-likeness (QED) is 0.653. The first-order valence-electron chi connectivity index (χ1n) is 5.57. The molecule has 0 spiro atoms. The minimum absolute atomic E-state index is 0.946. The first kappa shape index (κ1) is 11.9. The molecule has 0 aliphatic carbocycles. The topological polar surface area (TPSA) is 37.3 Å². The molecule has 0 fully saturated rings. The maximum atomic E-state index is 10.4. The number of hydrogen-bond donors (Lipinski definition) is 1. The first-order valence-corrected chi connectivity index (χ1v) is 5.57. The average Bonchev–Trinajstić information content (AvgIpc) is 2.40. The Morgan fingerprint density at radius 1 is 1.00 bits per heavy atom. The predicted molar refractivity (Wildman–Crippen MR) is 72.1 cm³/mol. The second kappa shape index (κ2) is 5.67. The van der Waals surface area contributed by atoms with Crippen LogP contribution in [-0.2, 0) is 4.79 Å². The fourth-order valence-electron chi connectivity index (χ4n) is 1.71. The minimum atomic E-state index is -0.997. The molecular weight excluding hydrogens is 224 g/mol. The van der Waals surface area contributed by atoms with Crippen molar-refractivity contribution in [1.29, 1.82) is 0 Å². The smallest absolute Gasteiger partial charge is 0.336 e. The second-order valence-electron chi connectivity index (χ2n) is 3.75. The largest absolute Gasteiger partial charge is 0.478 e.